The maximum Gasteiger partial charge on any atom is 0.273 e. The first-order chi connectivity index (χ1) is 11.2. The van der Waals surface area contributed by atoms with Crippen LogP contribution in [0.3, 0.4) is 0 Å². The van der Waals surface area contributed by atoms with Crippen molar-refractivity contribution in [3.63, 3.8) is 0 Å². The van der Waals surface area contributed by atoms with Crippen LogP contribution in [0.2, 0.25) is 0 Å². The molecule has 1 aliphatic heterocycles. The molecule has 1 aromatic carbocycles. The number of nitrogens with zero attached hydrogens (tertiary/aromatic N) is 2. The lowest BCUT2D eigenvalue weighted by Gasteiger charge is -2.26. The summed E-state index contributed by atoms with van der Waals surface area (Å²) < 4.78 is 13.0. The maximum atomic E-state index is 13.0. The maximum absolute atomic E-state index is 13.0. The van der Waals surface area contributed by atoms with Crippen LogP contribution in [0.4, 0.5) is 4.39 Å². The van der Waals surface area contributed by atoms with Crippen LogP contribution in [0.25, 0.3) is 10.6 Å². The van der Waals surface area contributed by atoms with Crippen molar-refractivity contribution < 1.29 is 9.18 Å². The first kappa shape index (κ1) is 14.5. The van der Waals surface area contributed by atoms with Crippen LogP contribution in [0, 0.1) is 5.82 Å². The van der Waals surface area contributed by atoms with Crippen LogP contribution in [-0.4, -0.2) is 22.3 Å². The Labute approximate surface area is 141 Å². The van der Waals surface area contributed by atoms with Crippen molar-refractivity contribution in [2.24, 2.45) is 0 Å². The molecule has 0 unspecified atom stereocenters. The van der Waals surface area contributed by atoms with Crippen LogP contribution >= 0.6 is 22.7 Å². The number of halogens is 1. The molecule has 3 nitrogen and oxygen atoms in total. The Morgan fingerprint density at radius 1 is 1.17 bits per heavy atom. The fourth-order valence-corrected chi connectivity index (χ4v) is 4.37. The molecule has 1 amide bonds. The van der Waals surface area contributed by atoms with Gasteiger partial charge in [0.15, 0.2) is 0 Å². The zero-order valence-electron chi connectivity index (χ0n) is 12.2. The van der Waals surface area contributed by atoms with Crippen molar-refractivity contribution in [2.45, 2.75) is 13.0 Å². The van der Waals surface area contributed by atoms with Crippen LogP contribution in [0.15, 0.2) is 41.1 Å². The Hall–Kier alpha value is -2.05. The Bertz CT molecular complexity index is 854. The number of carbonyl (C=O) groups is 1. The van der Waals surface area contributed by atoms with Crippen molar-refractivity contribution in [2.75, 3.05) is 6.54 Å². The third-order valence-corrected chi connectivity index (χ3v) is 5.82. The molecule has 0 radical (unpaired) electrons. The molecule has 2 aromatic heterocycles. The fourth-order valence-electron chi connectivity index (χ4n) is 2.68. The SMILES string of the molecule is O=C(c1csc(-c2ccc(F)cc2)n1)N1CCc2sccc2C1. The summed E-state index contributed by atoms with van der Waals surface area (Å²) in [6, 6.07) is 8.26. The number of fused-ring (bicyclic) bond motifs is 1. The minimum atomic E-state index is -0.276. The monoisotopic (exact) mass is 344 g/mol. The number of rotatable bonds is 2. The lowest BCUT2D eigenvalue weighted by atomic mass is 10.1. The summed E-state index contributed by atoms with van der Waals surface area (Å²) in [6.45, 7) is 1.39. The van der Waals surface area contributed by atoms with Crippen molar-refractivity contribution >= 4 is 28.6 Å². The van der Waals surface area contributed by atoms with E-state index in [1.807, 2.05) is 4.90 Å². The average molecular weight is 344 g/mol. The first-order valence-electron chi connectivity index (χ1n) is 7.27. The third kappa shape index (κ3) is 2.80. The van der Waals surface area contributed by atoms with E-state index in [-0.39, 0.29) is 11.7 Å². The first-order valence-corrected chi connectivity index (χ1v) is 9.02. The summed E-state index contributed by atoms with van der Waals surface area (Å²) in [5, 5.41) is 4.60. The summed E-state index contributed by atoms with van der Waals surface area (Å²) in [4.78, 5) is 20.3. The number of hydrogen-bond donors (Lipinski definition) is 0. The van der Waals surface area contributed by atoms with Gasteiger partial charge in [0.2, 0.25) is 0 Å². The lowest BCUT2D eigenvalue weighted by Crippen LogP contribution is -2.35. The second-order valence-corrected chi connectivity index (χ2v) is 7.25. The van der Waals surface area contributed by atoms with Crippen LogP contribution < -0.4 is 0 Å². The topological polar surface area (TPSA) is 33.2 Å². The molecular weight excluding hydrogens is 331 g/mol. The fraction of sp³-hybridized carbons (Fsp3) is 0.176. The van der Waals surface area contributed by atoms with Crippen molar-refractivity contribution in [3.8, 4) is 10.6 Å². The van der Waals surface area contributed by atoms with E-state index in [0.29, 0.717) is 12.2 Å². The predicted octanol–water partition coefficient (Wildman–Crippen LogP) is 4.21. The smallest absolute Gasteiger partial charge is 0.273 e. The van der Waals surface area contributed by atoms with Crippen LogP contribution in [-0.2, 0) is 13.0 Å². The number of amides is 1. The van der Waals surface area contributed by atoms with E-state index in [2.05, 4.69) is 16.4 Å². The highest BCUT2D eigenvalue weighted by molar-refractivity contribution is 7.13. The number of benzene rings is 1. The molecule has 0 bridgehead atoms. The van der Waals surface area contributed by atoms with E-state index >= 15 is 0 Å². The molecule has 23 heavy (non-hydrogen) atoms. The highest BCUT2D eigenvalue weighted by atomic mass is 32.1. The van der Waals surface area contributed by atoms with E-state index in [4.69, 9.17) is 0 Å². The lowest BCUT2D eigenvalue weighted by molar-refractivity contribution is 0.0731. The summed E-state index contributed by atoms with van der Waals surface area (Å²) in [6.07, 6.45) is 0.910. The van der Waals surface area contributed by atoms with Crippen molar-refractivity contribution in [3.05, 3.63) is 63.0 Å². The Balaban J connectivity index is 1.55. The standard InChI is InChI=1S/C17H13FN2OS2/c18-13-3-1-11(2-4-13)16-19-14(10-23-16)17(21)20-7-5-15-12(9-20)6-8-22-15/h1-4,6,8,10H,5,7,9H2. The number of carbonyl (C=O) groups excluding carboxylic acids is 1. The Kier molecular flexibility index (Phi) is 3.71. The molecule has 0 saturated heterocycles. The van der Waals surface area contributed by atoms with Gasteiger partial charge in [-0.05, 0) is 47.7 Å². The third-order valence-electron chi connectivity index (χ3n) is 3.91. The van der Waals surface area contributed by atoms with Crippen LogP contribution in [0.5, 0.6) is 0 Å². The normalized spacial score (nSPS) is 13.9. The number of thiazole rings is 1. The van der Waals surface area contributed by atoms with Crippen molar-refractivity contribution in [1.82, 2.24) is 9.88 Å². The van der Waals surface area contributed by atoms with Gasteiger partial charge in [0.25, 0.3) is 5.91 Å². The van der Waals surface area contributed by atoms with E-state index in [0.717, 1.165) is 23.5 Å². The molecule has 1 aliphatic rings. The van der Waals surface area contributed by atoms with Gasteiger partial charge in [-0.15, -0.1) is 22.7 Å². The van der Waals surface area contributed by atoms with Crippen molar-refractivity contribution in [1.29, 1.82) is 0 Å². The molecular formula is C17H13FN2OS2. The average Bonchev–Trinajstić information content (AvgIpc) is 3.23. The molecule has 0 N–H and O–H groups in total. The van der Waals surface area contributed by atoms with Gasteiger partial charge in [-0.2, -0.15) is 0 Å². The van der Waals surface area contributed by atoms with Gasteiger partial charge in [0.1, 0.15) is 16.5 Å². The number of hydrogen-bond acceptors (Lipinski definition) is 4. The van der Waals surface area contributed by atoms with E-state index in [1.165, 1.54) is 33.9 Å². The molecule has 0 aliphatic carbocycles. The minimum absolute atomic E-state index is 0.0357. The molecule has 116 valence electrons. The van der Waals surface area contributed by atoms with E-state index in [9.17, 15) is 9.18 Å². The summed E-state index contributed by atoms with van der Waals surface area (Å²) in [7, 11) is 0. The molecule has 0 saturated carbocycles. The van der Waals surface area contributed by atoms with E-state index < -0.39 is 0 Å². The molecule has 3 aromatic rings. The van der Waals surface area contributed by atoms with E-state index in [1.54, 1.807) is 28.8 Å². The minimum Gasteiger partial charge on any atom is -0.333 e. The highest BCUT2D eigenvalue weighted by Crippen LogP contribution is 2.27. The summed E-state index contributed by atoms with van der Waals surface area (Å²) >= 11 is 3.16. The van der Waals surface area contributed by atoms with Gasteiger partial charge >= 0.3 is 0 Å². The molecule has 0 spiro atoms. The summed E-state index contributed by atoms with van der Waals surface area (Å²) in [5.41, 5.74) is 2.53. The molecule has 0 atom stereocenters. The van der Waals surface area contributed by atoms with Gasteiger partial charge in [0, 0.05) is 28.9 Å². The van der Waals surface area contributed by atoms with Crippen LogP contribution in [0.1, 0.15) is 20.9 Å². The molecule has 3 heterocycles. The number of thiophene rings is 1. The summed E-state index contributed by atoms with van der Waals surface area (Å²) in [5.74, 6) is -0.312. The second-order valence-electron chi connectivity index (χ2n) is 5.39. The quantitative estimate of drug-likeness (QED) is 0.698. The number of aromatic nitrogens is 1. The Morgan fingerprint density at radius 3 is 2.83 bits per heavy atom. The zero-order chi connectivity index (χ0) is 15.8. The predicted molar refractivity (Wildman–Crippen MR) is 90.3 cm³/mol. The molecule has 6 heteroatoms. The van der Waals surface area contributed by atoms with Gasteiger partial charge in [0.05, 0.1) is 0 Å². The zero-order valence-corrected chi connectivity index (χ0v) is 13.8. The largest absolute Gasteiger partial charge is 0.333 e. The highest BCUT2D eigenvalue weighted by Gasteiger charge is 2.24. The van der Waals surface area contributed by atoms with Gasteiger partial charge in [-0.1, -0.05) is 0 Å². The molecule has 4 rings (SSSR count). The van der Waals surface area contributed by atoms with Gasteiger partial charge in [-0.3, -0.25) is 4.79 Å². The van der Waals surface area contributed by atoms with Gasteiger partial charge < -0.3 is 4.90 Å². The molecule has 0 fully saturated rings. The van der Waals surface area contributed by atoms with Gasteiger partial charge in [-0.25, -0.2) is 9.37 Å². The second kappa shape index (κ2) is 5.86. The Morgan fingerprint density at radius 2 is 2.00 bits per heavy atom.